The number of benzene rings is 1. The number of nitrogens with one attached hydrogen (secondary N) is 1. The molecule has 0 heterocycles. The summed E-state index contributed by atoms with van der Waals surface area (Å²) in [4.78, 5) is 11.9. The van der Waals surface area contributed by atoms with Gasteiger partial charge in [0, 0.05) is 18.9 Å². The highest BCUT2D eigenvalue weighted by atomic mass is 16.1. The van der Waals surface area contributed by atoms with Crippen molar-refractivity contribution in [3.63, 3.8) is 0 Å². The molecule has 0 amide bonds. The van der Waals surface area contributed by atoms with Gasteiger partial charge >= 0.3 is 0 Å². The molecule has 3 heteroatoms. The largest absolute Gasteiger partial charge is 0.397 e. The smallest absolute Gasteiger partial charge is 0.135 e. The molecule has 0 radical (unpaired) electrons. The standard InChI is InChI=1S/C15H20N2O/c16-13-4-1-2-5-14(13)17-11-8-12(18)10-15(9-11)6-3-7-15/h1-2,4-5,11,17H,3,6-10,16H2. The molecule has 18 heavy (non-hydrogen) atoms. The van der Waals surface area contributed by atoms with Crippen LogP contribution in [-0.2, 0) is 4.79 Å². The number of para-hydroxylation sites is 2. The van der Waals surface area contributed by atoms with Gasteiger partial charge in [-0.15, -0.1) is 0 Å². The molecular formula is C15H20N2O. The van der Waals surface area contributed by atoms with Crippen LogP contribution >= 0.6 is 0 Å². The summed E-state index contributed by atoms with van der Waals surface area (Å²) in [7, 11) is 0. The molecule has 0 bridgehead atoms. The number of ketones is 1. The minimum Gasteiger partial charge on any atom is -0.397 e. The predicted molar refractivity (Wildman–Crippen MR) is 73.4 cm³/mol. The van der Waals surface area contributed by atoms with Crippen LogP contribution in [0.2, 0.25) is 0 Å². The molecule has 3 nitrogen and oxygen atoms in total. The summed E-state index contributed by atoms with van der Waals surface area (Å²) in [5.41, 5.74) is 7.98. The van der Waals surface area contributed by atoms with Crippen molar-refractivity contribution in [2.45, 2.75) is 44.6 Å². The molecule has 3 N–H and O–H groups in total. The third kappa shape index (κ3) is 2.09. The average molecular weight is 244 g/mol. The van der Waals surface area contributed by atoms with Crippen LogP contribution < -0.4 is 11.1 Å². The van der Waals surface area contributed by atoms with E-state index in [0.717, 1.165) is 24.2 Å². The number of anilines is 2. The lowest BCUT2D eigenvalue weighted by molar-refractivity contribution is -0.126. The first-order valence-electron chi connectivity index (χ1n) is 6.80. The average Bonchev–Trinajstić information content (AvgIpc) is 2.29. The summed E-state index contributed by atoms with van der Waals surface area (Å²) in [6.45, 7) is 0. The van der Waals surface area contributed by atoms with Crippen molar-refractivity contribution in [2.24, 2.45) is 5.41 Å². The Balaban J connectivity index is 1.73. The van der Waals surface area contributed by atoms with Crippen molar-refractivity contribution in [1.82, 2.24) is 0 Å². The van der Waals surface area contributed by atoms with Crippen molar-refractivity contribution in [1.29, 1.82) is 0 Å². The zero-order valence-corrected chi connectivity index (χ0v) is 10.6. The third-order valence-electron chi connectivity index (χ3n) is 4.46. The van der Waals surface area contributed by atoms with Crippen molar-refractivity contribution in [3.8, 4) is 0 Å². The molecule has 0 aliphatic heterocycles. The minimum absolute atomic E-state index is 0.260. The van der Waals surface area contributed by atoms with Gasteiger partial charge in [-0.25, -0.2) is 0 Å². The maximum atomic E-state index is 11.9. The predicted octanol–water partition coefficient (Wildman–Crippen LogP) is 2.97. The van der Waals surface area contributed by atoms with Crippen LogP contribution in [0.4, 0.5) is 11.4 Å². The lowest BCUT2D eigenvalue weighted by atomic mass is 9.59. The lowest BCUT2D eigenvalue weighted by Crippen LogP contribution is -2.43. The zero-order chi connectivity index (χ0) is 12.6. The Morgan fingerprint density at radius 3 is 2.72 bits per heavy atom. The molecule has 2 fully saturated rings. The number of hydrogen-bond donors (Lipinski definition) is 2. The quantitative estimate of drug-likeness (QED) is 0.786. The van der Waals surface area contributed by atoms with E-state index >= 15 is 0 Å². The number of nitrogen functional groups attached to an aromatic ring is 1. The van der Waals surface area contributed by atoms with Gasteiger partial charge in [0.1, 0.15) is 5.78 Å². The van der Waals surface area contributed by atoms with E-state index in [1.807, 2.05) is 24.3 Å². The monoisotopic (exact) mass is 244 g/mol. The number of hydrogen-bond acceptors (Lipinski definition) is 3. The van der Waals surface area contributed by atoms with E-state index in [0.29, 0.717) is 17.6 Å². The highest BCUT2D eigenvalue weighted by Crippen LogP contribution is 2.51. The van der Waals surface area contributed by atoms with Crippen LogP contribution in [0.25, 0.3) is 0 Å². The molecule has 1 spiro atoms. The summed E-state index contributed by atoms with van der Waals surface area (Å²) in [6.07, 6.45) is 6.30. The number of carbonyl (C=O) groups excluding carboxylic acids is 1. The lowest BCUT2D eigenvalue weighted by Gasteiger charge is -2.47. The Hall–Kier alpha value is -1.51. The second-order valence-corrected chi connectivity index (χ2v) is 5.91. The van der Waals surface area contributed by atoms with E-state index in [-0.39, 0.29) is 6.04 Å². The molecule has 0 aromatic heterocycles. The maximum Gasteiger partial charge on any atom is 0.135 e. The topological polar surface area (TPSA) is 55.1 Å². The van der Waals surface area contributed by atoms with Gasteiger partial charge in [-0.2, -0.15) is 0 Å². The molecule has 2 aliphatic rings. The molecule has 1 aromatic carbocycles. The third-order valence-corrected chi connectivity index (χ3v) is 4.46. The molecule has 1 atom stereocenters. The van der Waals surface area contributed by atoms with E-state index in [1.54, 1.807) is 0 Å². The fraction of sp³-hybridized carbons (Fsp3) is 0.533. The van der Waals surface area contributed by atoms with E-state index in [4.69, 9.17) is 5.73 Å². The van der Waals surface area contributed by atoms with Crippen LogP contribution in [0.5, 0.6) is 0 Å². The molecule has 0 saturated heterocycles. The Morgan fingerprint density at radius 2 is 2.06 bits per heavy atom. The summed E-state index contributed by atoms with van der Waals surface area (Å²) in [5, 5.41) is 3.46. The van der Waals surface area contributed by atoms with Gasteiger partial charge < -0.3 is 11.1 Å². The van der Waals surface area contributed by atoms with Gasteiger partial charge in [0.25, 0.3) is 0 Å². The van der Waals surface area contributed by atoms with E-state index in [2.05, 4.69) is 5.32 Å². The maximum absolute atomic E-state index is 11.9. The fourth-order valence-electron chi connectivity index (χ4n) is 3.44. The van der Waals surface area contributed by atoms with Crippen LogP contribution in [0.15, 0.2) is 24.3 Å². The minimum atomic E-state index is 0.260. The Kier molecular flexibility index (Phi) is 2.77. The Morgan fingerprint density at radius 1 is 1.28 bits per heavy atom. The van der Waals surface area contributed by atoms with Crippen LogP contribution in [0.3, 0.4) is 0 Å². The first-order valence-corrected chi connectivity index (χ1v) is 6.80. The normalized spacial score (nSPS) is 25.8. The highest BCUT2D eigenvalue weighted by Gasteiger charge is 2.44. The van der Waals surface area contributed by atoms with Gasteiger partial charge in [0.2, 0.25) is 0 Å². The van der Waals surface area contributed by atoms with Crippen LogP contribution in [-0.4, -0.2) is 11.8 Å². The molecule has 2 aliphatic carbocycles. The first-order chi connectivity index (χ1) is 8.67. The highest BCUT2D eigenvalue weighted by molar-refractivity contribution is 5.81. The molecule has 2 saturated carbocycles. The number of rotatable bonds is 2. The molecule has 1 aromatic rings. The summed E-state index contributed by atoms with van der Waals surface area (Å²) in [5.74, 6) is 0.410. The molecule has 3 rings (SSSR count). The molecule has 96 valence electrons. The molecule has 1 unspecified atom stereocenters. The van der Waals surface area contributed by atoms with Crippen LogP contribution in [0, 0.1) is 5.41 Å². The van der Waals surface area contributed by atoms with Crippen molar-refractivity contribution >= 4 is 17.2 Å². The van der Waals surface area contributed by atoms with Gasteiger partial charge in [-0.1, -0.05) is 18.6 Å². The number of Topliss-reactive ketones (excluding diaryl/α,β-unsaturated/α-hetero) is 1. The van der Waals surface area contributed by atoms with Crippen molar-refractivity contribution < 1.29 is 4.79 Å². The zero-order valence-electron chi connectivity index (χ0n) is 10.6. The van der Waals surface area contributed by atoms with Gasteiger partial charge in [0.15, 0.2) is 0 Å². The number of nitrogens with two attached hydrogens (primary N) is 1. The van der Waals surface area contributed by atoms with Gasteiger partial charge in [-0.05, 0) is 36.8 Å². The number of carbonyl (C=O) groups is 1. The summed E-state index contributed by atoms with van der Waals surface area (Å²) >= 11 is 0. The van der Waals surface area contributed by atoms with E-state index < -0.39 is 0 Å². The first kappa shape index (κ1) is 11.6. The second kappa shape index (κ2) is 4.30. The fourth-order valence-corrected chi connectivity index (χ4v) is 3.44. The van der Waals surface area contributed by atoms with E-state index in [9.17, 15) is 4.79 Å². The van der Waals surface area contributed by atoms with Gasteiger partial charge in [-0.3, -0.25) is 4.79 Å². The van der Waals surface area contributed by atoms with Gasteiger partial charge in [0.05, 0.1) is 11.4 Å². The second-order valence-electron chi connectivity index (χ2n) is 5.91. The SMILES string of the molecule is Nc1ccccc1NC1CC(=O)CC2(CCC2)C1. The van der Waals surface area contributed by atoms with Crippen molar-refractivity contribution in [3.05, 3.63) is 24.3 Å². The Labute approximate surface area is 108 Å². The van der Waals surface area contributed by atoms with Crippen molar-refractivity contribution in [2.75, 3.05) is 11.1 Å². The summed E-state index contributed by atoms with van der Waals surface area (Å²) < 4.78 is 0. The summed E-state index contributed by atoms with van der Waals surface area (Å²) in [6, 6.07) is 8.05. The van der Waals surface area contributed by atoms with E-state index in [1.165, 1.54) is 19.3 Å². The Bertz CT molecular complexity index is 465. The molecular weight excluding hydrogens is 224 g/mol. The van der Waals surface area contributed by atoms with Crippen LogP contribution in [0.1, 0.15) is 38.5 Å².